The monoisotopic (exact) mass is 381 g/mol. The highest BCUT2D eigenvalue weighted by molar-refractivity contribution is 8.18. The van der Waals surface area contributed by atoms with Crippen LogP contribution in [0.1, 0.15) is 4.88 Å². The van der Waals surface area contributed by atoms with E-state index in [-0.39, 0.29) is 24.3 Å². The Morgan fingerprint density at radius 1 is 1.00 bits per heavy atom. The molecule has 0 aliphatic carbocycles. The van der Waals surface area contributed by atoms with Crippen molar-refractivity contribution >= 4 is 51.1 Å². The van der Waals surface area contributed by atoms with Crippen molar-refractivity contribution in [2.45, 2.75) is 0 Å². The molecule has 0 atom stereocenters. The first kappa shape index (κ1) is 16.9. The van der Waals surface area contributed by atoms with Crippen LogP contribution in [-0.4, -0.2) is 29.2 Å². The van der Waals surface area contributed by atoms with E-state index < -0.39 is 0 Å². The van der Waals surface area contributed by atoms with Gasteiger partial charge in [0.15, 0.2) is 0 Å². The van der Waals surface area contributed by atoms with Crippen LogP contribution >= 0.6 is 23.1 Å². The van der Waals surface area contributed by atoms with Crippen LogP contribution in [0.25, 0.3) is 16.8 Å². The van der Waals surface area contributed by atoms with Gasteiger partial charge < -0.3 is 4.74 Å². The number of amides is 2. The van der Waals surface area contributed by atoms with Crippen molar-refractivity contribution in [2.24, 2.45) is 0 Å². The molecule has 1 aromatic heterocycles. The summed E-state index contributed by atoms with van der Waals surface area (Å²) < 4.78 is 5.85. The summed E-state index contributed by atoms with van der Waals surface area (Å²) in [6.07, 6.45) is 1.77. The van der Waals surface area contributed by atoms with Crippen molar-refractivity contribution in [2.75, 3.05) is 13.2 Å². The van der Waals surface area contributed by atoms with Crippen molar-refractivity contribution in [3.8, 4) is 5.75 Å². The zero-order chi connectivity index (χ0) is 17.9. The van der Waals surface area contributed by atoms with Gasteiger partial charge in [-0.05, 0) is 40.7 Å². The molecule has 1 fully saturated rings. The number of ether oxygens (including phenoxy) is 1. The van der Waals surface area contributed by atoms with E-state index in [1.807, 2.05) is 60.0 Å². The fraction of sp³-hybridized carbons (Fsp3) is 0.100. The second-order valence-corrected chi connectivity index (χ2v) is 7.65. The number of thiophene rings is 1. The Labute approximate surface area is 159 Å². The number of carbonyl (C=O) groups is 2. The fourth-order valence-electron chi connectivity index (χ4n) is 2.76. The van der Waals surface area contributed by atoms with Crippen LogP contribution < -0.4 is 4.74 Å². The van der Waals surface area contributed by atoms with Gasteiger partial charge in [-0.25, -0.2) is 0 Å². The maximum absolute atomic E-state index is 12.5. The number of hydrogen-bond acceptors (Lipinski definition) is 5. The molecule has 1 aliphatic heterocycles. The SMILES string of the molecule is O=C1S/C(=C\c2cccs2)C(=O)N1CCOc1cccc2ccccc12. The van der Waals surface area contributed by atoms with Crippen LogP contribution in [0.4, 0.5) is 4.79 Å². The molecule has 2 aromatic carbocycles. The van der Waals surface area contributed by atoms with Gasteiger partial charge in [-0.3, -0.25) is 14.5 Å². The maximum Gasteiger partial charge on any atom is 0.293 e. The third-order valence-electron chi connectivity index (χ3n) is 4.01. The summed E-state index contributed by atoms with van der Waals surface area (Å²) in [6, 6.07) is 17.6. The number of nitrogens with zero attached hydrogens (tertiary/aromatic N) is 1. The van der Waals surface area contributed by atoms with E-state index in [9.17, 15) is 9.59 Å². The summed E-state index contributed by atoms with van der Waals surface area (Å²) in [6.45, 7) is 0.494. The van der Waals surface area contributed by atoms with Gasteiger partial charge in [0.1, 0.15) is 12.4 Å². The lowest BCUT2D eigenvalue weighted by Gasteiger charge is -2.14. The van der Waals surface area contributed by atoms with E-state index in [0.29, 0.717) is 4.91 Å². The van der Waals surface area contributed by atoms with E-state index in [1.165, 1.54) is 16.2 Å². The molecular formula is C20H15NO3S2. The average Bonchev–Trinajstić information content (AvgIpc) is 3.25. The summed E-state index contributed by atoms with van der Waals surface area (Å²) in [5, 5.41) is 3.80. The van der Waals surface area contributed by atoms with Gasteiger partial charge in [-0.1, -0.05) is 42.5 Å². The predicted octanol–water partition coefficient (Wildman–Crippen LogP) is 5.02. The normalized spacial score (nSPS) is 16.0. The lowest BCUT2D eigenvalue weighted by atomic mass is 10.1. The molecule has 2 amide bonds. The predicted molar refractivity (Wildman–Crippen MR) is 106 cm³/mol. The van der Waals surface area contributed by atoms with Crippen molar-refractivity contribution in [3.63, 3.8) is 0 Å². The zero-order valence-corrected chi connectivity index (χ0v) is 15.4. The minimum absolute atomic E-state index is 0.232. The number of benzene rings is 2. The Morgan fingerprint density at radius 2 is 1.85 bits per heavy atom. The molecule has 3 aromatic rings. The second kappa shape index (κ2) is 7.35. The van der Waals surface area contributed by atoms with Crippen LogP contribution in [-0.2, 0) is 4.79 Å². The van der Waals surface area contributed by atoms with Crippen molar-refractivity contribution < 1.29 is 14.3 Å². The fourth-order valence-corrected chi connectivity index (χ4v) is 4.35. The number of rotatable bonds is 5. The van der Waals surface area contributed by atoms with Gasteiger partial charge >= 0.3 is 0 Å². The maximum atomic E-state index is 12.5. The topological polar surface area (TPSA) is 46.6 Å². The third-order valence-corrected chi connectivity index (χ3v) is 5.74. The highest BCUT2D eigenvalue weighted by atomic mass is 32.2. The lowest BCUT2D eigenvalue weighted by Crippen LogP contribution is -2.32. The van der Waals surface area contributed by atoms with Gasteiger partial charge in [0, 0.05) is 10.3 Å². The molecule has 6 heteroatoms. The van der Waals surface area contributed by atoms with Gasteiger partial charge in [0.05, 0.1) is 11.4 Å². The summed E-state index contributed by atoms with van der Waals surface area (Å²) in [5.41, 5.74) is 0. The first-order valence-corrected chi connectivity index (χ1v) is 9.81. The van der Waals surface area contributed by atoms with E-state index in [0.717, 1.165) is 33.2 Å². The minimum atomic E-state index is -0.255. The molecule has 4 nitrogen and oxygen atoms in total. The van der Waals surface area contributed by atoms with Gasteiger partial charge in [0.2, 0.25) is 0 Å². The molecule has 4 rings (SSSR count). The Kier molecular flexibility index (Phi) is 4.77. The molecule has 0 radical (unpaired) electrons. The zero-order valence-electron chi connectivity index (χ0n) is 13.8. The molecular weight excluding hydrogens is 366 g/mol. The molecule has 130 valence electrons. The Morgan fingerprint density at radius 3 is 2.69 bits per heavy atom. The summed E-state index contributed by atoms with van der Waals surface area (Å²) in [5.74, 6) is 0.499. The van der Waals surface area contributed by atoms with Gasteiger partial charge in [-0.2, -0.15) is 0 Å². The van der Waals surface area contributed by atoms with Crippen molar-refractivity contribution in [1.29, 1.82) is 0 Å². The van der Waals surface area contributed by atoms with Crippen molar-refractivity contribution in [1.82, 2.24) is 4.90 Å². The van der Waals surface area contributed by atoms with E-state index >= 15 is 0 Å². The van der Waals surface area contributed by atoms with Crippen LogP contribution in [0, 0.1) is 0 Å². The van der Waals surface area contributed by atoms with E-state index in [1.54, 1.807) is 6.08 Å². The highest BCUT2D eigenvalue weighted by Crippen LogP contribution is 2.33. The standard InChI is InChI=1S/C20H15NO3S2/c22-19-18(13-15-7-4-12-25-15)26-20(23)21(19)10-11-24-17-9-3-6-14-5-1-2-8-16(14)17/h1-9,12-13H,10-11H2/b18-13-. The van der Waals surface area contributed by atoms with Crippen LogP contribution in [0.2, 0.25) is 0 Å². The molecule has 26 heavy (non-hydrogen) atoms. The molecule has 1 saturated heterocycles. The molecule has 0 spiro atoms. The Balaban J connectivity index is 1.43. The van der Waals surface area contributed by atoms with Crippen LogP contribution in [0.15, 0.2) is 64.9 Å². The molecule has 2 heterocycles. The highest BCUT2D eigenvalue weighted by Gasteiger charge is 2.34. The Bertz CT molecular complexity index is 990. The van der Waals surface area contributed by atoms with Crippen molar-refractivity contribution in [3.05, 3.63) is 69.8 Å². The number of thioether (sulfide) groups is 1. The Hall–Kier alpha value is -2.57. The largest absolute Gasteiger partial charge is 0.491 e. The minimum Gasteiger partial charge on any atom is -0.491 e. The van der Waals surface area contributed by atoms with E-state index in [4.69, 9.17) is 4.74 Å². The summed E-state index contributed by atoms with van der Waals surface area (Å²) in [7, 11) is 0. The first-order valence-electron chi connectivity index (χ1n) is 8.12. The average molecular weight is 381 g/mol. The van der Waals surface area contributed by atoms with Crippen LogP contribution in [0.5, 0.6) is 5.75 Å². The summed E-state index contributed by atoms with van der Waals surface area (Å²) in [4.78, 5) is 27.3. The second-order valence-electron chi connectivity index (χ2n) is 5.67. The smallest absolute Gasteiger partial charge is 0.293 e. The number of imide groups is 1. The van der Waals surface area contributed by atoms with Gasteiger partial charge in [-0.15, -0.1) is 11.3 Å². The third kappa shape index (κ3) is 3.38. The summed E-state index contributed by atoms with van der Waals surface area (Å²) >= 11 is 2.51. The lowest BCUT2D eigenvalue weighted by molar-refractivity contribution is -0.123. The number of hydrogen-bond donors (Lipinski definition) is 0. The first-order chi connectivity index (χ1) is 12.7. The van der Waals surface area contributed by atoms with E-state index in [2.05, 4.69) is 0 Å². The molecule has 1 aliphatic rings. The molecule has 0 unspecified atom stereocenters. The van der Waals surface area contributed by atoms with Crippen LogP contribution in [0.3, 0.4) is 0 Å². The molecule has 0 bridgehead atoms. The molecule has 0 N–H and O–H groups in total. The quantitative estimate of drug-likeness (QED) is 0.583. The number of fused-ring (bicyclic) bond motifs is 1. The van der Waals surface area contributed by atoms with Gasteiger partial charge in [0.25, 0.3) is 11.1 Å². The number of carbonyl (C=O) groups excluding carboxylic acids is 2. The molecule has 0 saturated carbocycles.